The van der Waals surface area contributed by atoms with Crippen LogP contribution < -0.4 is 11.0 Å². The van der Waals surface area contributed by atoms with Crippen molar-refractivity contribution >= 4 is 34.5 Å². The number of carbonyl (C=O) groups is 1. The summed E-state index contributed by atoms with van der Waals surface area (Å²) in [7, 11) is 0. The Morgan fingerprint density at radius 1 is 1.30 bits per heavy atom. The predicted molar refractivity (Wildman–Crippen MR) is 83.5 cm³/mol. The summed E-state index contributed by atoms with van der Waals surface area (Å²) in [6, 6.07) is 7.70. The highest BCUT2D eigenvalue weighted by molar-refractivity contribution is 7.12. The summed E-state index contributed by atoms with van der Waals surface area (Å²) in [6.07, 6.45) is 0. The zero-order chi connectivity index (χ0) is 16.4. The Kier molecular flexibility index (Phi) is 4.22. The van der Waals surface area contributed by atoms with Crippen LogP contribution in [-0.2, 0) is 11.3 Å². The van der Waals surface area contributed by atoms with Crippen molar-refractivity contribution in [1.29, 1.82) is 0 Å². The SMILES string of the molecule is O=C(Cn1nnn(-c2cccs2)c1=O)Nc1cccc(Cl)c1F. The smallest absolute Gasteiger partial charge is 0.322 e. The minimum absolute atomic E-state index is 0.0683. The number of benzene rings is 1. The molecule has 3 rings (SSSR count). The van der Waals surface area contributed by atoms with Crippen molar-refractivity contribution in [3.63, 3.8) is 0 Å². The van der Waals surface area contributed by atoms with Crippen molar-refractivity contribution < 1.29 is 9.18 Å². The summed E-state index contributed by atoms with van der Waals surface area (Å²) in [6.45, 7) is -0.393. The highest BCUT2D eigenvalue weighted by Gasteiger charge is 2.14. The van der Waals surface area contributed by atoms with Gasteiger partial charge in [0.1, 0.15) is 11.5 Å². The molecule has 0 unspecified atom stereocenters. The van der Waals surface area contributed by atoms with Crippen LogP contribution in [0.15, 0.2) is 40.5 Å². The van der Waals surface area contributed by atoms with Crippen LogP contribution in [0.3, 0.4) is 0 Å². The number of halogens is 2. The second-order valence-electron chi connectivity index (χ2n) is 4.43. The molecule has 0 saturated carbocycles. The molecule has 7 nitrogen and oxygen atoms in total. The molecule has 3 aromatic rings. The highest BCUT2D eigenvalue weighted by atomic mass is 35.5. The summed E-state index contributed by atoms with van der Waals surface area (Å²) in [4.78, 5) is 24.0. The number of hydrogen-bond acceptors (Lipinski definition) is 5. The average molecular weight is 354 g/mol. The van der Waals surface area contributed by atoms with Gasteiger partial charge >= 0.3 is 5.69 Å². The number of tetrazole rings is 1. The van der Waals surface area contributed by atoms with E-state index in [2.05, 4.69) is 15.7 Å². The Labute approximate surface area is 137 Å². The van der Waals surface area contributed by atoms with Crippen LogP contribution in [-0.4, -0.2) is 25.7 Å². The van der Waals surface area contributed by atoms with Crippen molar-refractivity contribution in [1.82, 2.24) is 19.8 Å². The topological polar surface area (TPSA) is 81.8 Å². The fourth-order valence-electron chi connectivity index (χ4n) is 1.83. The second-order valence-corrected chi connectivity index (χ2v) is 5.77. The molecule has 10 heteroatoms. The molecule has 0 fully saturated rings. The quantitative estimate of drug-likeness (QED) is 0.777. The Hall–Kier alpha value is -2.52. The van der Waals surface area contributed by atoms with E-state index < -0.39 is 24.0 Å². The molecule has 2 aromatic heterocycles. The van der Waals surface area contributed by atoms with Crippen molar-refractivity contribution in [2.75, 3.05) is 5.32 Å². The van der Waals surface area contributed by atoms with Crippen LogP contribution in [0.1, 0.15) is 0 Å². The number of amides is 1. The number of anilines is 1. The Bertz CT molecular complexity index is 905. The van der Waals surface area contributed by atoms with E-state index in [1.807, 2.05) is 0 Å². The number of rotatable bonds is 4. The standard InChI is InChI=1S/C13H9ClFN5O2S/c14-8-3-1-4-9(12(8)15)16-10(21)7-19-13(22)20(18-17-19)11-5-2-6-23-11/h1-6H,7H2,(H,16,21). The second kappa shape index (κ2) is 6.31. The molecule has 2 heterocycles. The lowest BCUT2D eigenvalue weighted by atomic mass is 10.3. The van der Waals surface area contributed by atoms with Gasteiger partial charge in [-0.25, -0.2) is 9.18 Å². The number of carbonyl (C=O) groups excluding carboxylic acids is 1. The maximum atomic E-state index is 13.7. The summed E-state index contributed by atoms with van der Waals surface area (Å²) >= 11 is 6.95. The molecular weight excluding hydrogens is 345 g/mol. The summed E-state index contributed by atoms with van der Waals surface area (Å²) in [5.41, 5.74) is -0.629. The first-order chi connectivity index (χ1) is 11.1. The molecule has 0 atom stereocenters. The van der Waals surface area contributed by atoms with Gasteiger partial charge in [0.2, 0.25) is 5.91 Å². The number of nitrogens with one attached hydrogen (secondary N) is 1. The first-order valence-electron chi connectivity index (χ1n) is 6.37. The summed E-state index contributed by atoms with van der Waals surface area (Å²) in [5.74, 6) is -1.36. The third-order valence-corrected chi connectivity index (χ3v) is 4.01. The first kappa shape index (κ1) is 15.4. The Balaban J connectivity index is 1.76. The largest absolute Gasteiger partial charge is 0.369 e. The lowest BCUT2D eigenvalue weighted by molar-refractivity contribution is -0.117. The van der Waals surface area contributed by atoms with Gasteiger partial charge in [-0.15, -0.1) is 11.3 Å². The zero-order valence-electron chi connectivity index (χ0n) is 11.4. The Morgan fingerprint density at radius 2 is 2.13 bits per heavy atom. The third kappa shape index (κ3) is 3.15. The van der Waals surface area contributed by atoms with Crippen LogP contribution >= 0.6 is 22.9 Å². The van der Waals surface area contributed by atoms with Gasteiger partial charge in [0.15, 0.2) is 5.82 Å². The van der Waals surface area contributed by atoms with Crippen molar-refractivity contribution in [3.8, 4) is 5.00 Å². The highest BCUT2D eigenvalue weighted by Crippen LogP contribution is 2.21. The molecule has 0 saturated heterocycles. The number of aromatic nitrogens is 4. The Morgan fingerprint density at radius 3 is 2.87 bits per heavy atom. The molecule has 1 amide bonds. The molecule has 0 aliphatic rings. The molecular formula is C13H9ClFN5O2S. The van der Waals surface area contributed by atoms with Gasteiger partial charge in [-0.2, -0.15) is 9.36 Å². The number of hydrogen-bond donors (Lipinski definition) is 1. The van der Waals surface area contributed by atoms with Gasteiger partial charge in [0, 0.05) is 0 Å². The van der Waals surface area contributed by atoms with E-state index in [1.165, 1.54) is 29.5 Å². The van der Waals surface area contributed by atoms with Crippen molar-refractivity contribution in [3.05, 3.63) is 57.0 Å². The molecule has 1 aromatic carbocycles. The van der Waals surface area contributed by atoms with Crippen LogP contribution in [0.5, 0.6) is 0 Å². The minimum Gasteiger partial charge on any atom is -0.322 e. The molecule has 1 N–H and O–H groups in total. The van der Waals surface area contributed by atoms with E-state index in [9.17, 15) is 14.0 Å². The lowest BCUT2D eigenvalue weighted by Crippen LogP contribution is -2.29. The average Bonchev–Trinajstić information content (AvgIpc) is 3.15. The first-order valence-corrected chi connectivity index (χ1v) is 7.62. The fraction of sp³-hybridized carbons (Fsp3) is 0.0769. The third-order valence-electron chi connectivity index (χ3n) is 2.87. The molecule has 118 valence electrons. The molecule has 0 spiro atoms. The van der Waals surface area contributed by atoms with Crippen LogP contribution in [0, 0.1) is 5.82 Å². The van der Waals surface area contributed by atoms with Gasteiger partial charge in [-0.05, 0) is 40.1 Å². The summed E-state index contributed by atoms with van der Waals surface area (Å²) in [5, 5.41) is 11.9. The van der Waals surface area contributed by atoms with E-state index in [4.69, 9.17) is 11.6 Å². The summed E-state index contributed by atoms with van der Waals surface area (Å²) < 4.78 is 15.7. The van der Waals surface area contributed by atoms with Crippen LogP contribution in [0.2, 0.25) is 5.02 Å². The van der Waals surface area contributed by atoms with Crippen LogP contribution in [0.25, 0.3) is 5.00 Å². The van der Waals surface area contributed by atoms with Gasteiger partial charge in [-0.1, -0.05) is 17.7 Å². The predicted octanol–water partition coefficient (Wildman–Crippen LogP) is 1.92. The maximum Gasteiger partial charge on any atom is 0.369 e. The fourth-order valence-corrected chi connectivity index (χ4v) is 2.67. The lowest BCUT2D eigenvalue weighted by Gasteiger charge is -2.06. The molecule has 0 aliphatic heterocycles. The molecule has 0 radical (unpaired) electrons. The maximum absolute atomic E-state index is 13.7. The minimum atomic E-state index is -0.739. The molecule has 23 heavy (non-hydrogen) atoms. The normalized spacial score (nSPS) is 10.7. The van der Waals surface area contributed by atoms with E-state index in [0.29, 0.717) is 5.00 Å². The zero-order valence-corrected chi connectivity index (χ0v) is 13.0. The van der Waals surface area contributed by atoms with Crippen molar-refractivity contribution in [2.24, 2.45) is 0 Å². The molecule has 0 bridgehead atoms. The van der Waals surface area contributed by atoms with Crippen molar-refractivity contribution in [2.45, 2.75) is 6.54 Å². The van der Waals surface area contributed by atoms with E-state index >= 15 is 0 Å². The number of thiophene rings is 1. The van der Waals surface area contributed by atoms with Gasteiger partial charge < -0.3 is 5.32 Å². The van der Waals surface area contributed by atoms with Gasteiger partial charge in [0.25, 0.3) is 0 Å². The van der Waals surface area contributed by atoms with E-state index in [0.717, 1.165) is 9.36 Å². The monoisotopic (exact) mass is 353 g/mol. The van der Waals surface area contributed by atoms with Gasteiger partial charge in [0.05, 0.1) is 10.7 Å². The number of nitrogens with zero attached hydrogens (tertiary/aromatic N) is 4. The van der Waals surface area contributed by atoms with Gasteiger partial charge in [-0.3, -0.25) is 4.79 Å². The van der Waals surface area contributed by atoms with Crippen LogP contribution in [0.4, 0.5) is 10.1 Å². The van der Waals surface area contributed by atoms with E-state index in [-0.39, 0.29) is 10.7 Å². The molecule has 0 aliphatic carbocycles. The van der Waals surface area contributed by atoms with E-state index in [1.54, 1.807) is 17.5 Å².